The minimum atomic E-state index is -1.12. The second-order valence-corrected chi connectivity index (χ2v) is 5.40. The van der Waals surface area contributed by atoms with Crippen molar-refractivity contribution in [1.29, 1.82) is 0 Å². The highest BCUT2D eigenvalue weighted by Crippen LogP contribution is 2.25. The maximum Gasteiger partial charge on any atom is 0.351 e. The Kier molecular flexibility index (Phi) is 6.69. The first-order valence-electron chi connectivity index (χ1n) is 7.89. The summed E-state index contributed by atoms with van der Waals surface area (Å²) in [6, 6.07) is 1.53. The van der Waals surface area contributed by atoms with Crippen LogP contribution in [-0.4, -0.2) is 49.2 Å². The molecule has 9 nitrogen and oxygen atoms in total. The second-order valence-electron chi connectivity index (χ2n) is 5.40. The van der Waals surface area contributed by atoms with Gasteiger partial charge in [0.1, 0.15) is 12.4 Å². The highest BCUT2D eigenvalue weighted by molar-refractivity contribution is 5.23. The van der Waals surface area contributed by atoms with E-state index in [0.29, 0.717) is 6.42 Å². The lowest BCUT2D eigenvalue weighted by atomic mass is 10.2. The molecule has 2 N–H and O–H groups in total. The topological polar surface area (TPSA) is 107 Å². The minimum Gasteiger partial charge on any atom is -0.383 e. The van der Waals surface area contributed by atoms with Crippen LogP contribution in [0.2, 0.25) is 0 Å². The Morgan fingerprint density at radius 1 is 1.46 bits per heavy atom. The van der Waals surface area contributed by atoms with Gasteiger partial charge in [-0.3, -0.25) is 4.57 Å². The average molecular weight is 343 g/mol. The van der Waals surface area contributed by atoms with Crippen LogP contribution in [0.15, 0.2) is 17.1 Å². The number of nitrogens with two attached hydrogens (primary N) is 1. The number of methoxy groups -OCH3 is 2. The molecular formula is C15H25N3O6. The van der Waals surface area contributed by atoms with Gasteiger partial charge < -0.3 is 29.4 Å². The summed E-state index contributed by atoms with van der Waals surface area (Å²) in [5.41, 5.74) is 4.99. The summed E-state index contributed by atoms with van der Waals surface area (Å²) in [4.78, 5) is 15.5. The van der Waals surface area contributed by atoms with Crippen LogP contribution in [0.25, 0.3) is 0 Å². The fourth-order valence-electron chi connectivity index (χ4n) is 2.39. The van der Waals surface area contributed by atoms with E-state index in [1.54, 1.807) is 0 Å². The molecule has 1 aliphatic rings. The van der Waals surface area contributed by atoms with E-state index in [4.69, 9.17) is 29.4 Å². The van der Waals surface area contributed by atoms with Crippen LogP contribution >= 0.6 is 0 Å². The lowest BCUT2D eigenvalue weighted by Gasteiger charge is -2.31. The highest BCUT2D eigenvalue weighted by atomic mass is 16.9. The lowest BCUT2D eigenvalue weighted by molar-refractivity contribution is -0.375. The van der Waals surface area contributed by atoms with Crippen molar-refractivity contribution in [2.45, 2.75) is 44.7 Å². The lowest BCUT2D eigenvalue weighted by Crippen LogP contribution is -2.39. The van der Waals surface area contributed by atoms with Gasteiger partial charge in [-0.1, -0.05) is 13.3 Å². The van der Waals surface area contributed by atoms with Gasteiger partial charge in [-0.05, 0) is 12.5 Å². The maximum absolute atomic E-state index is 11.8. The third-order valence-corrected chi connectivity index (χ3v) is 3.79. The number of aromatic nitrogens is 2. The predicted molar refractivity (Wildman–Crippen MR) is 85.0 cm³/mol. The first-order valence-corrected chi connectivity index (χ1v) is 7.89. The summed E-state index contributed by atoms with van der Waals surface area (Å²) in [5, 5.41) is 0. The van der Waals surface area contributed by atoms with Crippen molar-refractivity contribution in [2.75, 3.05) is 33.2 Å². The van der Waals surface area contributed by atoms with Crippen molar-refractivity contribution in [3.05, 3.63) is 22.7 Å². The molecule has 1 aliphatic heterocycles. The van der Waals surface area contributed by atoms with E-state index >= 15 is 0 Å². The maximum atomic E-state index is 11.8. The molecule has 0 aliphatic carbocycles. The van der Waals surface area contributed by atoms with Crippen molar-refractivity contribution in [1.82, 2.24) is 9.55 Å². The molecule has 0 saturated carbocycles. The summed E-state index contributed by atoms with van der Waals surface area (Å²) in [6.07, 6.45) is 2.79. The third kappa shape index (κ3) is 4.52. The Bertz CT molecular complexity index is 575. The number of nitrogens with zero attached hydrogens (tertiary/aromatic N) is 2. The van der Waals surface area contributed by atoms with Crippen LogP contribution in [0.1, 0.15) is 32.4 Å². The van der Waals surface area contributed by atoms with Gasteiger partial charge in [0.05, 0.1) is 6.61 Å². The molecule has 0 spiro atoms. The summed E-state index contributed by atoms with van der Waals surface area (Å²) in [5.74, 6) is -0.962. The standard InChI is InChI=1S/C15H25N3O6/c1-4-5-7-15(20-2,21-3)23-10-13-22-9-12(24-13)18-8-6-11(16)17-14(18)19/h6,8,12-13H,4-5,7,9-10H2,1-3H3,(H2,16,17,19). The molecule has 0 radical (unpaired) electrons. The van der Waals surface area contributed by atoms with E-state index in [9.17, 15) is 4.79 Å². The molecule has 1 saturated heterocycles. The van der Waals surface area contributed by atoms with Gasteiger partial charge in [-0.25, -0.2) is 4.79 Å². The Morgan fingerprint density at radius 2 is 2.21 bits per heavy atom. The molecule has 0 aromatic carbocycles. The van der Waals surface area contributed by atoms with Gasteiger partial charge in [0.15, 0.2) is 12.5 Å². The summed E-state index contributed by atoms with van der Waals surface area (Å²) >= 11 is 0. The molecule has 1 aromatic heterocycles. The van der Waals surface area contributed by atoms with E-state index < -0.39 is 24.2 Å². The molecular weight excluding hydrogens is 318 g/mol. The highest BCUT2D eigenvalue weighted by Gasteiger charge is 2.35. The molecule has 0 amide bonds. The first-order chi connectivity index (χ1) is 11.5. The van der Waals surface area contributed by atoms with Crippen LogP contribution in [-0.2, 0) is 23.7 Å². The molecule has 2 heterocycles. The molecule has 1 aromatic rings. The third-order valence-electron chi connectivity index (χ3n) is 3.79. The number of unbranched alkanes of at least 4 members (excludes halogenated alkanes) is 1. The monoisotopic (exact) mass is 343 g/mol. The first kappa shape index (κ1) is 18.8. The molecule has 2 atom stereocenters. The van der Waals surface area contributed by atoms with E-state index in [-0.39, 0.29) is 19.0 Å². The Balaban J connectivity index is 1.92. The van der Waals surface area contributed by atoms with Crippen LogP contribution < -0.4 is 11.4 Å². The molecule has 0 bridgehead atoms. The number of hydrogen-bond donors (Lipinski definition) is 1. The number of hydrogen-bond acceptors (Lipinski definition) is 8. The Morgan fingerprint density at radius 3 is 2.83 bits per heavy atom. The molecule has 24 heavy (non-hydrogen) atoms. The van der Waals surface area contributed by atoms with Gasteiger partial charge in [-0.15, -0.1) is 0 Å². The number of ether oxygens (including phenoxy) is 5. The van der Waals surface area contributed by atoms with Crippen LogP contribution in [0.4, 0.5) is 5.82 Å². The van der Waals surface area contributed by atoms with Crippen molar-refractivity contribution < 1.29 is 23.7 Å². The van der Waals surface area contributed by atoms with Gasteiger partial charge in [-0.2, -0.15) is 4.98 Å². The second kappa shape index (κ2) is 8.54. The van der Waals surface area contributed by atoms with Crippen LogP contribution in [0.5, 0.6) is 0 Å². The van der Waals surface area contributed by atoms with Crippen molar-refractivity contribution >= 4 is 5.82 Å². The van der Waals surface area contributed by atoms with Crippen LogP contribution in [0.3, 0.4) is 0 Å². The fourth-order valence-corrected chi connectivity index (χ4v) is 2.39. The fraction of sp³-hybridized carbons (Fsp3) is 0.733. The SMILES string of the molecule is CCCCC(OC)(OC)OCC1OCC(n2ccc(N)nc2=O)O1. The minimum absolute atomic E-state index is 0.110. The van der Waals surface area contributed by atoms with Crippen molar-refractivity contribution in [3.8, 4) is 0 Å². The molecule has 2 rings (SSSR count). The quantitative estimate of drug-likeness (QED) is 0.658. The van der Waals surface area contributed by atoms with Gasteiger partial charge in [0.2, 0.25) is 0 Å². The van der Waals surface area contributed by atoms with Crippen LogP contribution in [0, 0.1) is 0 Å². The van der Waals surface area contributed by atoms with E-state index in [0.717, 1.165) is 12.8 Å². The molecule has 2 unspecified atom stereocenters. The molecule has 9 heteroatoms. The molecule has 136 valence electrons. The normalized spacial score (nSPS) is 21.3. The molecule has 1 fully saturated rings. The van der Waals surface area contributed by atoms with E-state index in [1.807, 2.05) is 0 Å². The predicted octanol–water partition coefficient (Wildman–Crippen LogP) is 0.850. The van der Waals surface area contributed by atoms with Crippen molar-refractivity contribution in [3.63, 3.8) is 0 Å². The number of nitrogen functional groups attached to an aromatic ring is 1. The van der Waals surface area contributed by atoms with E-state index in [1.165, 1.54) is 31.0 Å². The Hall–Kier alpha value is -1.52. The zero-order chi connectivity index (χ0) is 17.6. The van der Waals surface area contributed by atoms with Gasteiger partial charge in [0.25, 0.3) is 5.97 Å². The van der Waals surface area contributed by atoms with E-state index in [2.05, 4.69) is 11.9 Å². The zero-order valence-corrected chi connectivity index (χ0v) is 14.3. The summed E-state index contributed by atoms with van der Waals surface area (Å²) in [6.45, 7) is 2.39. The largest absolute Gasteiger partial charge is 0.383 e. The van der Waals surface area contributed by atoms with Crippen molar-refractivity contribution in [2.24, 2.45) is 0 Å². The number of anilines is 1. The summed E-state index contributed by atoms with van der Waals surface area (Å²) < 4.78 is 29.0. The summed E-state index contributed by atoms with van der Waals surface area (Å²) in [7, 11) is 3.05. The zero-order valence-electron chi connectivity index (χ0n) is 14.3. The smallest absolute Gasteiger partial charge is 0.351 e. The number of rotatable bonds is 9. The van der Waals surface area contributed by atoms with Gasteiger partial charge in [0, 0.05) is 26.8 Å². The average Bonchev–Trinajstić information content (AvgIpc) is 3.04. The Labute approximate surface area is 140 Å². The van der Waals surface area contributed by atoms with Gasteiger partial charge >= 0.3 is 5.69 Å².